The Bertz CT molecular complexity index is 983. The number of hydrogen-bond donors (Lipinski definition) is 0. The van der Waals surface area contributed by atoms with Crippen molar-refractivity contribution in [2.75, 3.05) is 13.7 Å². The topological polar surface area (TPSA) is 18.5 Å². The van der Waals surface area contributed by atoms with Gasteiger partial charge in [-0.25, -0.2) is 0 Å². The average molecular weight is 399 g/mol. The molecule has 0 saturated carbocycles. The van der Waals surface area contributed by atoms with E-state index in [9.17, 15) is 0 Å². The highest BCUT2D eigenvalue weighted by Crippen LogP contribution is 2.30. The zero-order chi connectivity index (χ0) is 21.2. The van der Waals surface area contributed by atoms with Crippen molar-refractivity contribution in [3.8, 4) is 11.5 Å². The fourth-order valence-corrected chi connectivity index (χ4v) is 3.35. The normalized spacial score (nSPS) is 11.3. The van der Waals surface area contributed by atoms with Gasteiger partial charge in [0.05, 0.1) is 13.7 Å². The van der Waals surface area contributed by atoms with Crippen molar-refractivity contribution in [1.29, 1.82) is 0 Å². The van der Waals surface area contributed by atoms with Crippen LogP contribution in [0.4, 0.5) is 0 Å². The average Bonchev–Trinajstić information content (AvgIpc) is 2.78. The van der Waals surface area contributed by atoms with E-state index < -0.39 is 0 Å². The monoisotopic (exact) mass is 398 g/mol. The summed E-state index contributed by atoms with van der Waals surface area (Å²) < 4.78 is 11.7. The van der Waals surface area contributed by atoms with Crippen molar-refractivity contribution in [1.82, 2.24) is 0 Å². The lowest BCUT2D eigenvalue weighted by molar-refractivity contribution is 0.309. The van der Waals surface area contributed by atoms with Crippen LogP contribution in [-0.2, 0) is 6.42 Å². The third-order valence-electron chi connectivity index (χ3n) is 4.99. The van der Waals surface area contributed by atoms with Gasteiger partial charge in [0.1, 0.15) is 11.5 Å². The molecule has 3 aromatic carbocycles. The van der Waals surface area contributed by atoms with Gasteiger partial charge >= 0.3 is 0 Å². The minimum atomic E-state index is 0.680. The Morgan fingerprint density at radius 3 is 2.17 bits per heavy atom. The van der Waals surface area contributed by atoms with Gasteiger partial charge in [0, 0.05) is 5.56 Å². The van der Waals surface area contributed by atoms with Gasteiger partial charge in [0.2, 0.25) is 0 Å². The van der Waals surface area contributed by atoms with Gasteiger partial charge in [-0.2, -0.15) is 0 Å². The molecule has 0 unspecified atom stereocenters. The van der Waals surface area contributed by atoms with E-state index in [1.807, 2.05) is 32.1 Å². The summed E-state index contributed by atoms with van der Waals surface area (Å²) in [6, 6.07) is 23.1. The van der Waals surface area contributed by atoms with Gasteiger partial charge < -0.3 is 9.47 Å². The molecule has 0 saturated heterocycles. The Morgan fingerprint density at radius 2 is 1.50 bits per heavy atom. The largest absolute Gasteiger partial charge is 0.496 e. The molecule has 30 heavy (non-hydrogen) atoms. The van der Waals surface area contributed by atoms with Crippen LogP contribution in [0.5, 0.6) is 11.5 Å². The van der Waals surface area contributed by atoms with Crippen LogP contribution in [0.15, 0.2) is 72.8 Å². The predicted octanol–water partition coefficient (Wildman–Crippen LogP) is 7.22. The predicted molar refractivity (Wildman–Crippen MR) is 128 cm³/mol. The number of ether oxygens (including phenoxy) is 2. The number of rotatable bonds is 9. The third-order valence-corrected chi connectivity index (χ3v) is 4.99. The van der Waals surface area contributed by atoms with Crippen LogP contribution in [0.3, 0.4) is 0 Å². The number of benzene rings is 3. The highest BCUT2D eigenvalue weighted by atomic mass is 16.5. The summed E-state index contributed by atoms with van der Waals surface area (Å²) >= 11 is 0. The maximum Gasteiger partial charge on any atom is 0.127 e. The maximum atomic E-state index is 6.16. The van der Waals surface area contributed by atoms with Crippen molar-refractivity contribution < 1.29 is 9.47 Å². The second-order valence-electron chi connectivity index (χ2n) is 7.30. The van der Waals surface area contributed by atoms with Crippen LogP contribution >= 0.6 is 0 Å². The molecular weight excluding hydrogens is 368 g/mol. The molecule has 0 radical (unpaired) electrons. The maximum absolute atomic E-state index is 6.16. The number of hydrogen-bond acceptors (Lipinski definition) is 2. The first-order chi connectivity index (χ1) is 14.7. The Kier molecular flexibility index (Phi) is 7.91. The van der Waals surface area contributed by atoms with E-state index in [1.165, 1.54) is 11.1 Å². The summed E-state index contributed by atoms with van der Waals surface area (Å²) in [5, 5.41) is 0. The lowest BCUT2D eigenvalue weighted by Gasteiger charge is -2.13. The minimum Gasteiger partial charge on any atom is -0.496 e. The van der Waals surface area contributed by atoms with E-state index in [0.717, 1.165) is 41.0 Å². The van der Waals surface area contributed by atoms with Crippen molar-refractivity contribution in [2.24, 2.45) is 0 Å². The summed E-state index contributed by atoms with van der Waals surface area (Å²) in [7, 11) is 1.70. The molecule has 0 aliphatic carbocycles. The summed E-state index contributed by atoms with van der Waals surface area (Å²) in [5.74, 6) is 1.76. The second-order valence-corrected chi connectivity index (χ2v) is 7.30. The first-order valence-electron chi connectivity index (χ1n) is 10.5. The highest BCUT2D eigenvalue weighted by molar-refractivity contribution is 5.74. The molecule has 2 heteroatoms. The van der Waals surface area contributed by atoms with Crippen LogP contribution in [-0.4, -0.2) is 13.7 Å². The summed E-state index contributed by atoms with van der Waals surface area (Å²) in [5.41, 5.74) is 5.79. The van der Waals surface area contributed by atoms with Crippen LogP contribution in [0.25, 0.3) is 18.2 Å². The number of aryl methyl sites for hydroxylation is 2. The Labute approximate surface area is 180 Å². The molecule has 0 aromatic heterocycles. The summed E-state index contributed by atoms with van der Waals surface area (Å²) in [4.78, 5) is 0. The lowest BCUT2D eigenvalue weighted by atomic mass is 10.1. The summed E-state index contributed by atoms with van der Waals surface area (Å²) in [6.45, 7) is 4.75. The zero-order valence-corrected chi connectivity index (χ0v) is 18.1. The van der Waals surface area contributed by atoms with Crippen molar-refractivity contribution in [3.63, 3.8) is 0 Å². The molecule has 3 aromatic rings. The molecule has 0 atom stereocenters. The van der Waals surface area contributed by atoms with Gasteiger partial charge in [0.25, 0.3) is 0 Å². The van der Waals surface area contributed by atoms with E-state index in [4.69, 9.17) is 9.47 Å². The molecular formula is C28H30O2. The quantitative estimate of drug-likeness (QED) is 0.280. The molecule has 0 heterocycles. The molecule has 0 fully saturated rings. The molecule has 0 amide bonds. The van der Waals surface area contributed by atoms with Gasteiger partial charge in [0.15, 0.2) is 0 Å². The first-order valence-corrected chi connectivity index (χ1v) is 10.5. The number of methoxy groups -OCH3 is 1. The van der Waals surface area contributed by atoms with Gasteiger partial charge in [-0.05, 0) is 61.1 Å². The van der Waals surface area contributed by atoms with Crippen molar-refractivity contribution in [3.05, 3.63) is 101 Å². The summed E-state index contributed by atoms with van der Waals surface area (Å²) in [6.07, 6.45) is 10.3. The molecule has 0 N–H and O–H groups in total. The number of allylic oxidation sites excluding steroid dienone is 1. The third kappa shape index (κ3) is 6.12. The van der Waals surface area contributed by atoms with Gasteiger partial charge in [-0.15, -0.1) is 0 Å². The molecule has 3 rings (SSSR count). The minimum absolute atomic E-state index is 0.680. The van der Waals surface area contributed by atoms with Crippen LogP contribution in [0, 0.1) is 6.92 Å². The zero-order valence-electron chi connectivity index (χ0n) is 18.1. The highest BCUT2D eigenvalue weighted by Gasteiger charge is 2.08. The van der Waals surface area contributed by atoms with E-state index in [1.54, 1.807) is 7.11 Å². The first kappa shape index (κ1) is 21.4. The molecule has 0 bridgehead atoms. The molecule has 0 aliphatic rings. The van der Waals surface area contributed by atoms with E-state index >= 15 is 0 Å². The molecule has 0 spiro atoms. The van der Waals surface area contributed by atoms with Gasteiger partial charge in [-0.1, -0.05) is 78.9 Å². The smallest absolute Gasteiger partial charge is 0.127 e. The Hall–Kier alpha value is -3.26. The fraction of sp³-hybridized carbons (Fsp3) is 0.214. The van der Waals surface area contributed by atoms with Crippen LogP contribution in [0.1, 0.15) is 41.2 Å². The molecule has 2 nitrogen and oxygen atoms in total. The van der Waals surface area contributed by atoms with Crippen molar-refractivity contribution >= 4 is 18.2 Å². The van der Waals surface area contributed by atoms with Crippen LogP contribution < -0.4 is 9.47 Å². The van der Waals surface area contributed by atoms with Gasteiger partial charge in [-0.3, -0.25) is 0 Å². The Morgan fingerprint density at radius 1 is 0.800 bits per heavy atom. The van der Waals surface area contributed by atoms with Crippen LogP contribution in [0.2, 0.25) is 0 Å². The van der Waals surface area contributed by atoms with E-state index in [-0.39, 0.29) is 0 Å². The lowest BCUT2D eigenvalue weighted by Crippen LogP contribution is -2.02. The molecule has 0 aliphatic heterocycles. The standard InChI is InChI=1S/C28H30O2/c1-4-9-23-13-15-25(16-14-23)17-18-26-21-27(29-3)22(2)20-28(26)30-19-8-12-24-10-6-5-7-11-24/h4-7,9-11,13-18,20-21H,8,12,19H2,1-3H3. The van der Waals surface area contributed by atoms with E-state index in [0.29, 0.717) is 6.61 Å². The van der Waals surface area contributed by atoms with Crippen molar-refractivity contribution in [2.45, 2.75) is 26.7 Å². The fourth-order valence-electron chi connectivity index (χ4n) is 3.35. The second kappa shape index (κ2) is 11.1. The Balaban J connectivity index is 1.71. The SMILES string of the molecule is CC=Cc1ccc(C=Cc2cc(OC)c(C)cc2OCCCc2ccccc2)cc1. The van der Waals surface area contributed by atoms with E-state index in [2.05, 4.69) is 72.8 Å². The molecule has 154 valence electrons.